The summed E-state index contributed by atoms with van der Waals surface area (Å²) >= 11 is 1.80. The van der Waals surface area contributed by atoms with Crippen LogP contribution >= 0.6 is 11.3 Å². The molecule has 0 aliphatic heterocycles. The van der Waals surface area contributed by atoms with E-state index in [1.165, 1.54) is 16.0 Å². The molecule has 0 radical (unpaired) electrons. The number of nitrogens with one attached hydrogen (secondary N) is 1. The van der Waals surface area contributed by atoms with Crippen LogP contribution in [0, 0.1) is 6.92 Å². The van der Waals surface area contributed by atoms with Gasteiger partial charge in [0.15, 0.2) is 0 Å². The molecule has 0 saturated heterocycles. The van der Waals surface area contributed by atoms with E-state index in [2.05, 4.69) is 48.8 Å². The van der Waals surface area contributed by atoms with Gasteiger partial charge in [-0.1, -0.05) is 19.1 Å². The van der Waals surface area contributed by atoms with E-state index in [4.69, 9.17) is 4.74 Å². The fourth-order valence-electron chi connectivity index (χ4n) is 2.34. The lowest BCUT2D eigenvalue weighted by molar-refractivity contribution is 0.339. The van der Waals surface area contributed by atoms with E-state index in [0.717, 1.165) is 18.7 Å². The summed E-state index contributed by atoms with van der Waals surface area (Å²) in [4.78, 5) is 1.38. The van der Waals surface area contributed by atoms with E-state index in [1.54, 1.807) is 11.3 Å². The lowest BCUT2D eigenvalue weighted by Gasteiger charge is -2.20. The van der Waals surface area contributed by atoms with E-state index < -0.39 is 0 Å². The van der Waals surface area contributed by atoms with Gasteiger partial charge in [-0.3, -0.25) is 0 Å². The van der Waals surface area contributed by atoms with Gasteiger partial charge in [0.2, 0.25) is 0 Å². The summed E-state index contributed by atoms with van der Waals surface area (Å²) in [6.07, 6.45) is 1.13. The largest absolute Gasteiger partial charge is 0.494 e. The first-order valence-corrected chi connectivity index (χ1v) is 8.14. The van der Waals surface area contributed by atoms with Crippen LogP contribution in [-0.4, -0.2) is 13.2 Å². The van der Waals surface area contributed by atoms with Crippen LogP contribution in [0.2, 0.25) is 0 Å². The zero-order valence-electron chi connectivity index (χ0n) is 12.5. The highest BCUT2D eigenvalue weighted by Gasteiger charge is 2.16. The molecule has 0 saturated carbocycles. The van der Waals surface area contributed by atoms with Crippen LogP contribution in [0.15, 0.2) is 35.7 Å². The summed E-state index contributed by atoms with van der Waals surface area (Å²) in [6, 6.07) is 10.9. The summed E-state index contributed by atoms with van der Waals surface area (Å²) < 4.78 is 5.62. The third-order valence-corrected chi connectivity index (χ3v) is 4.17. The maximum absolute atomic E-state index is 5.62. The molecule has 0 aliphatic rings. The van der Waals surface area contributed by atoms with Crippen LogP contribution in [0.25, 0.3) is 0 Å². The minimum Gasteiger partial charge on any atom is -0.494 e. The van der Waals surface area contributed by atoms with Gasteiger partial charge in [-0.15, -0.1) is 11.3 Å². The molecular formula is C17H23NOS. The first kappa shape index (κ1) is 15.1. The Morgan fingerprint density at radius 1 is 1.25 bits per heavy atom. The van der Waals surface area contributed by atoms with Gasteiger partial charge in [-0.25, -0.2) is 0 Å². The highest BCUT2D eigenvalue weighted by molar-refractivity contribution is 7.10. The Kier molecular flexibility index (Phi) is 5.62. The van der Waals surface area contributed by atoms with Crippen molar-refractivity contribution in [2.45, 2.75) is 33.2 Å². The number of hydrogen-bond acceptors (Lipinski definition) is 3. The molecule has 0 spiro atoms. The molecule has 1 atom stereocenters. The van der Waals surface area contributed by atoms with Crippen molar-refractivity contribution < 1.29 is 4.74 Å². The van der Waals surface area contributed by atoms with Crippen molar-refractivity contribution in [2.24, 2.45) is 0 Å². The normalized spacial score (nSPS) is 12.3. The van der Waals surface area contributed by atoms with Gasteiger partial charge in [0.25, 0.3) is 0 Å². The summed E-state index contributed by atoms with van der Waals surface area (Å²) in [6.45, 7) is 8.11. The molecule has 1 aromatic heterocycles. The van der Waals surface area contributed by atoms with Crippen LogP contribution in [0.5, 0.6) is 5.75 Å². The van der Waals surface area contributed by atoms with E-state index in [1.807, 2.05) is 13.0 Å². The Morgan fingerprint density at radius 3 is 2.75 bits per heavy atom. The topological polar surface area (TPSA) is 21.3 Å². The maximum atomic E-state index is 5.62. The smallest absolute Gasteiger partial charge is 0.119 e. The molecule has 1 N–H and O–H groups in total. The van der Waals surface area contributed by atoms with E-state index >= 15 is 0 Å². The number of ether oxygens (including phenoxy) is 1. The molecule has 2 aromatic rings. The Bertz CT molecular complexity index is 535. The lowest BCUT2D eigenvalue weighted by atomic mass is 9.99. The Labute approximate surface area is 125 Å². The summed E-state index contributed by atoms with van der Waals surface area (Å²) in [5, 5.41) is 5.81. The minimum atomic E-state index is 0.251. The molecule has 0 aliphatic carbocycles. The molecule has 3 heteroatoms. The Hall–Kier alpha value is -1.32. The number of rotatable bonds is 7. The van der Waals surface area contributed by atoms with Gasteiger partial charge in [0, 0.05) is 4.88 Å². The predicted molar refractivity (Wildman–Crippen MR) is 86.8 cm³/mol. The van der Waals surface area contributed by atoms with Crippen LogP contribution in [-0.2, 0) is 0 Å². The van der Waals surface area contributed by atoms with E-state index in [0.29, 0.717) is 6.61 Å². The Morgan fingerprint density at radius 2 is 2.10 bits per heavy atom. The highest BCUT2D eigenvalue weighted by Crippen LogP contribution is 2.30. The first-order chi connectivity index (χ1) is 9.76. The fraction of sp³-hybridized carbons (Fsp3) is 0.412. The highest BCUT2D eigenvalue weighted by atomic mass is 32.1. The molecule has 2 nitrogen and oxygen atoms in total. The Balaban J connectivity index is 2.31. The fourth-order valence-corrected chi connectivity index (χ4v) is 3.08. The number of thiophene rings is 1. The van der Waals surface area contributed by atoms with Crippen molar-refractivity contribution in [3.8, 4) is 5.75 Å². The average molecular weight is 289 g/mol. The molecule has 2 rings (SSSR count). The quantitative estimate of drug-likeness (QED) is 0.807. The van der Waals surface area contributed by atoms with E-state index in [9.17, 15) is 0 Å². The molecule has 108 valence electrons. The molecule has 0 amide bonds. The third-order valence-electron chi connectivity index (χ3n) is 3.31. The predicted octanol–water partition coefficient (Wildman–Crippen LogP) is 4.54. The van der Waals surface area contributed by atoms with Gasteiger partial charge >= 0.3 is 0 Å². The number of aryl methyl sites for hydroxylation is 1. The zero-order valence-corrected chi connectivity index (χ0v) is 13.3. The van der Waals surface area contributed by atoms with Crippen molar-refractivity contribution in [1.82, 2.24) is 5.32 Å². The second-order valence-corrected chi connectivity index (χ2v) is 5.95. The van der Waals surface area contributed by atoms with Gasteiger partial charge < -0.3 is 10.1 Å². The molecular weight excluding hydrogens is 266 g/mol. The average Bonchev–Trinajstić information content (AvgIpc) is 2.87. The molecule has 1 unspecified atom stereocenters. The van der Waals surface area contributed by atoms with Gasteiger partial charge in [0.1, 0.15) is 5.75 Å². The van der Waals surface area contributed by atoms with Crippen LogP contribution < -0.4 is 10.1 Å². The van der Waals surface area contributed by atoms with Crippen molar-refractivity contribution >= 4 is 11.3 Å². The zero-order chi connectivity index (χ0) is 14.4. The lowest BCUT2D eigenvalue weighted by Crippen LogP contribution is -2.23. The van der Waals surface area contributed by atoms with Gasteiger partial charge in [0.05, 0.1) is 12.6 Å². The molecule has 1 aromatic carbocycles. The minimum absolute atomic E-state index is 0.251. The second kappa shape index (κ2) is 7.46. The van der Waals surface area contributed by atoms with Gasteiger partial charge in [-0.2, -0.15) is 0 Å². The molecule has 0 fully saturated rings. The van der Waals surface area contributed by atoms with Crippen molar-refractivity contribution in [3.05, 3.63) is 51.7 Å². The monoisotopic (exact) mass is 289 g/mol. The van der Waals surface area contributed by atoms with Crippen molar-refractivity contribution in [2.75, 3.05) is 13.2 Å². The summed E-state index contributed by atoms with van der Waals surface area (Å²) in [5.74, 6) is 0.946. The first-order valence-electron chi connectivity index (χ1n) is 7.26. The second-order valence-electron chi connectivity index (χ2n) is 4.82. The molecule has 1 heterocycles. The van der Waals surface area contributed by atoms with Crippen LogP contribution in [0.3, 0.4) is 0 Å². The molecule has 20 heavy (non-hydrogen) atoms. The van der Waals surface area contributed by atoms with E-state index in [-0.39, 0.29) is 6.04 Å². The summed E-state index contributed by atoms with van der Waals surface area (Å²) in [5.41, 5.74) is 2.64. The third kappa shape index (κ3) is 3.62. The SMILES string of the molecule is CCCNC(c1cccc(OCC)c1)c1ccsc1C. The maximum Gasteiger partial charge on any atom is 0.119 e. The van der Waals surface area contributed by atoms with Crippen molar-refractivity contribution in [1.29, 1.82) is 0 Å². The van der Waals surface area contributed by atoms with Crippen molar-refractivity contribution in [3.63, 3.8) is 0 Å². The van der Waals surface area contributed by atoms with Crippen LogP contribution in [0.4, 0.5) is 0 Å². The number of benzene rings is 1. The summed E-state index contributed by atoms with van der Waals surface area (Å²) in [7, 11) is 0. The standard InChI is InChI=1S/C17H23NOS/c1-4-10-18-17(16-9-11-20-13(16)3)14-7-6-8-15(12-14)19-5-2/h6-9,11-12,17-18H,4-5,10H2,1-3H3. The van der Waals surface area contributed by atoms with Gasteiger partial charge in [-0.05, 0) is 61.5 Å². The number of hydrogen-bond donors (Lipinski definition) is 1. The molecule has 0 bridgehead atoms. The van der Waals surface area contributed by atoms with Crippen LogP contribution in [0.1, 0.15) is 42.3 Å².